The number of benzene rings is 1. The normalized spacial score (nSPS) is 11.5. The third kappa shape index (κ3) is 5.18. The van der Waals surface area contributed by atoms with Crippen LogP contribution in [0.4, 0.5) is 0 Å². The van der Waals surface area contributed by atoms with E-state index in [1.165, 1.54) is 5.56 Å². The Kier molecular flexibility index (Phi) is 6.26. The van der Waals surface area contributed by atoms with Crippen LogP contribution < -0.4 is 4.74 Å². The molecule has 1 aromatic carbocycles. The first kappa shape index (κ1) is 19.1. The van der Waals surface area contributed by atoms with E-state index in [-0.39, 0.29) is 0 Å². The monoisotopic (exact) mass is 368 g/mol. The minimum Gasteiger partial charge on any atom is -0.497 e. The molecule has 0 bridgehead atoms. The molecule has 2 heterocycles. The Morgan fingerprint density at radius 1 is 1.04 bits per heavy atom. The first-order valence-corrected chi connectivity index (χ1v) is 9.09. The predicted octanol–water partition coefficient (Wildman–Crippen LogP) is 2.68. The van der Waals surface area contributed by atoms with Crippen molar-refractivity contribution in [1.82, 2.24) is 30.0 Å². The fraction of sp³-hybridized carbons (Fsp3) is 0.400. The van der Waals surface area contributed by atoms with Gasteiger partial charge in [-0.1, -0.05) is 0 Å². The lowest BCUT2D eigenvalue weighted by Crippen LogP contribution is -2.31. The molecule has 0 aliphatic rings. The molecular formula is C20H28N6O. The molecule has 0 fully saturated rings. The summed E-state index contributed by atoms with van der Waals surface area (Å²) in [5.41, 5.74) is 4.46. The SMILES string of the molecule is COc1ccc(-c2[nH]ncc2CN(CCN(C)C)Cc2cnc(C)[nH]2)cc1. The highest BCUT2D eigenvalue weighted by molar-refractivity contribution is 5.63. The zero-order chi connectivity index (χ0) is 19.2. The Balaban J connectivity index is 1.77. The van der Waals surface area contributed by atoms with Crippen LogP contribution in [0.1, 0.15) is 17.1 Å². The van der Waals surface area contributed by atoms with E-state index in [1.54, 1.807) is 7.11 Å². The number of aromatic amines is 2. The number of aromatic nitrogens is 4. The van der Waals surface area contributed by atoms with Crippen molar-refractivity contribution in [2.45, 2.75) is 20.0 Å². The number of hydrogen-bond donors (Lipinski definition) is 2. The van der Waals surface area contributed by atoms with Gasteiger partial charge >= 0.3 is 0 Å². The first-order chi connectivity index (χ1) is 13.0. The molecule has 0 spiro atoms. The third-order valence-electron chi connectivity index (χ3n) is 4.50. The maximum atomic E-state index is 5.26. The van der Waals surface area contributed by atoms with Gasteiger partial charge in [-0.2, -0.15) is 5.10 Å². The molecule has 3 aromatic rings. The van der Waals surface area contributed by atoms with Gasteiger partial charge in [0.1, 0.15) is 11.6 Å². The molecule has 7 heteroatoms. The number of nitrogens with zero attached hydrogens (tertiary/aromatic N) is 4. The first-order valence-electron chi connectivity index (χ1n) is 9.09. The summed E-state index contributed by atoms with van der Waals surface area (Å²) in [6, 6.07) is 8.05. The van der Waals surface area contributed by atoms with Gasteiger partial charge < -0.3 is 14.6 Å². The molecule has 144 valence electrons. The van der Waals surface area contributed by atoms with Crippen LogP contribution in [0.3, 0.4) is 0 Å². The van der Waals surface area contributed by atoms with Crippen molar-refractivity contribution >= 4 is 0 Å². The van der Waals surface area contributed by atoms with E-state index in [0.29, 0.717) is 0 Å². The molecule has 0 aliphatic heterocycles. The van der Waals surface area contributed by atoms with Crippen LogP contribution in [0.2, 0.25) is 0 Å². The molecular weight excluding hydrogens is 340 g/mol. The Morgan fingerprint density at radius 3 is 2.44 bits per heavy atom. The zero-order valence-electron chi connectivity index (χ0n) is 16.5. The van der Waals surface area contributed by atoms with Crippen molar-refractivity contribution in [1.29, 1.82) is 0 Å². The lowest BCUT2D eigenvalue weighted by molar-refractivity contribution is 0.224. The summed E-state index contributed by atoms with van der Waals surface area (Å²) in [5, 5.41) is 7.44. The van der Waals surface area contributed by atoms with Crippen LogP contribution in [-0.4, -0.2) is 64.3 Å². The van der Waals surface area contributed by atoms with Gasteiger partial charge in [0.15, 0.2) is 0 Å². The molecule has 0 amide bonds. The molecule has 0 saturated heterocycles. The molecule has 7 nitrogen and oxygen atoms in total. The van der Waals surface area contributed by atoms with Crippen LogP contribution in [0.5, 0.6) is 5.75 Å². The van der Waals surface area contributed by atoms with Crippen molar-refractivity contribution in [3.05, 3.63) is 53.7 Å². The predicted molar refractivity (Wildman–Crippen MR) is 107 cm³/mol. The van der Waals surface area contributed by atoms with E-state index < -0.39 is 0 Å². The van der Waals surface area contributed by atoms with Gasteiger partial charge in [0.2, 0.25) is 0 Å². The van der Waals surface area contributed by atoms with Gasteiger partial charge in [0, 0.05) is 49.2 Å². The number of nitrogens with one attached hydrogen (secondary N) is 2. The number of ether oxygens (including phenoxy) is 1. The standard InChI is InChI=1S/C20H28N6O/c1-15-21-12-18(23-15)14-26(10-9-25(2)3)13-17-11-22-24-20(17)16-5-7-19(27-4)8-6-16/h5-8,11-12H,9-10,13-14H2,1-4H3,(H,21,23)(H,22,24). The van der Waals surface area contributed by atoms with E-state index >= 15 is 0 Å². The summed E-state index contributed by atoms with van der Waals surface area (Å²) in [4.78, 5) is 12.3. The van der Waals surface area contributed by atoms with Crippen molar-refractivity contribution in [2.24, 2.45) is 0 Å². The second-order valence-electron chi connectivity index (χ2n) is 7.01. The number of rotatable bonds is 9. The van der Waals surface area contributed by atoms with Crippen LogP contribution >= 0.6 is 0 Å². The highest BCUT2D eigenvalue weighted by Gasteiger charge is 2.14. The van der Waals surface area contributed by atoms with E-state index in [4.69, 9.17) is 4.74 Å². The Morgan fingerprint density at radius 2 is 1.81 bits per heavy atom. The van der Waals surface area contributed by atoms with E-state index in [1.807, 2.05) is 31.5 Å². The number of methoxy groups -OCH3 is 1. The van der Waals surface area contributed by atoms with E-state index in [2.05, 4.69) is 56.2 Å². The van der Waals surface area contributed by atoms with Gasteiger partial charge in [-0.3, -0.25) is 10.00 Å². The zero-order valence-corrected chi connectivity index (χ0v) is 16.5. The minimum atomic E-state index is 0.809. The van der Waals surface area contributed by atoms with Gasteiger partial charge in [-0.25, -0.2) is 4.98 Å². The van der Waals surface area contributed by atoms with Crippen molar-refractivity contribution in [2.75, 3.05) is 34.3 Å². The third-order valence-corrected chi connectivity index (χ3v) is 4.50. The van der Waals surface area contributed by atoms with Gasteiger partial charge in [0.05, 0.1) is 19.0 Å². The molecule has 0 aliphatic carbocycles. The summed E-state index contributed by atoms with van der Waals surface area (Å²) in [6.07, 6.45) is 3.83. The average Bonchev–Trinajstić information content (AvgIpc) is 3.28. The molecule has 0 radical (unpaired) electrons. The Hall–Kier alpha value is -2.64. The smallest absolute Gasteiger partial charge is 0.118 e. The second-order valence-corrected chi connectivity index (χ2v) is 7.01. The highest BCUT2D eigenvalue weighted by atomic mass is 16.5. The molecule has 3 rings (SSSR count). The maximum Gasteiger partial charge on any atom is 0.118 e. The van der Waals surface area contributed by atoms with Crippen LogP contribution in [0.25, 0.3) is 11.3 Å². The van der Waals surface area contributed by atoms with Gasteiger partial charge in [-0.05, 0) is 45.3 Å². The largest absolute Gasteiger partial charge is 0.497 e. The minimum absolute atomic E-state index is 0.809. The molecule has 0 atom stereocenters. The summed E-state index contributed by atoms with van der Waals surface area (Å²) in [5.74, 6) is 1.79. The Labute approximate surface area is 160 Å². The lowest BCUT2D eigenvalue weighted by atomic mass is 10.1. The summed E-state index contributed by atoms with van der Waals surface area (Å²) >= 11 is 0. The number of hydrogen-bond acceptors (Lipinski definition) is 5. The molecule has 0 saturated carbocycles. The number of aryl methyl sites for hydroxylation is 1. The lowest BCUT2D eigenvalue weighted by Gasteiger charge is -2.23. The van der Waals surface area contributed by atoms with Crippen LogP contribution in [0, 0.1) is 6.92 Å². The van der Waals surface area contributed by atoms with Crippen LogP contribution in [0.15, 0.2) is 36.7 Å². The van der Waals surface area contributed by atoms with E-state index in [9.17, 15) is 0 Å². The van der Waals surface area contributed by atoms with Crippen molar-refractivity contribution in [3.63, 3.8) is 0 Å². The summed E-state index contributed by atoms with van der Waals surface area (Å²) < 4.78 is 5.26. The number of likely N-dealkylation sites (N-methyl/N-ethyl adjacent to an activating group) is 1. The van der Waals surface area contributed by atoms with Crippen molar-refractivity contribution in [3.8, 4) is 17.0 Å². The topological polar surface area (TPSA) is 73.1 Å². The van der Waals surface area contributed by atoms with Gasteiger partial charge in [0.25, 0.3) is 0 Å². The fourth-order valence-corrected chi connectivity index (χ4v) is 3.03. The average molecular weight is 368 g/mol. The summed E-state index contributed by atoms with van der Waals surface area (Å²) in [7, 11) is 5.87. The molecule has 27 heavy (non-hydrogen) atoms. The number of H-pyrrole nitrogens is 2. The van der Waals surface area contributed by atoms with E-state index in [0.717, 1.165) is 54.7 Å². The summed E-state index contributed by atoms with van der Waals surface area (Å²) in [6.45, 7) is 5.55. The molecule has 2 N–H and O–H groups in total. The van der Waals surface area contributed by atoms with Gasteiger partial charge in [-0.15, -0.1) is 0 Å². The van der Waals surface area contributed by atoms with Crippen LogP contribution in [-0.2, 0) is 13.1 Å². The number of imidazole rings is 1. The Bertz CT molecular complexity index is 836. The molecule has 0 unspecified atom stereocenters. The quantitative estimate of drug-likeness (QED) is 0.607. The fourth-order valence-electron chi connectivity index (χ4n) is 3.03. The second kappa shape index (κ2) is 8.83. The van der Waals surface area contributed by atoms with Crippen molar-refractivity contribution < 1.29 is 4.74 Å². The highest BCUT2D eigenvalue weighted by Crippen LogP contribution is 2.25. The molecule has 2 aromatic heterocycles. The maximum absolute atomic E-state index is 5.26.